The predicted octanol–water partition coefficient (Wildman–Crippen LogP) is 0.312. The van der Waals surface area contributed by atoms with Crippen molar-refractivity contribution in [3.05, 3.63) is 0 Å². The van der Waals surface area contributed by atoms with Gasteiger partial charge >= 0.3 is 0 Å². The lowest BCUT2D eigenvalue weighted by Crippen LogP contribution is -2.58. The molecule has 8 heteroatoms. The Morgan fingerprint density at radius 3 is 2.83 bits per heavy atom. The number of likely N-dealkylation sites (N-methyl/N-ethyl adjacent to an activating group) is 1. The number of amides is 1. The number of hydrogen-bond donors (Lipinski definition) is 0. The van der Waals surface area contributed by atoms with E-state index in [4.69, 9.17) is 9.47 Å². The summed E-state index contributed by atoms with van der Waals surface area (Å²) in [4.78, 5) is 13.2. The molecule has 0 unspecified atom stereocenters. The summed E-state index contributed by atoms with van der Waals surface area (Å²) < 4.78 is 37.6. The van der Waals surface area contributed by atoms with Crippen molar-refractivity contribution in [3.8, 4) is 0 Å². The van der Waals surface area contributed by atoms with Gasteiger partial charge in [-0.2, -0.15) is 0 Å². The number of piperidine rings is 1. The third-order valence-electron chi connectivity index (χ3n) is 4.83. The molecular formula is C15H28N2O5S. The van der Waals surface area contributed by atoms with Crippen LogP contribution in [0.25, 0.3) is 0 Å². The number of nitrogens with zero attached hydrogens (tertiary/aromatic N) is 2. The van der Waals surface area contributed by atoms with Gasteiger partial charge < -0.3 is 14.4 Å². The van der Waals surface area contributed by atoms with E-state index in [2.05, 4.69) is 0 Å². The van der Waals surface area contributed by atoms with Crippen LogP contribution in [-0.2, 0) is 24.3 Å². The highest BCUT2D eigenvalue weighted by atomic mass is 32.2. The summed E-state index contributed by atoms with van der Waals surface area (Å²) >= 11 is 0. The molecule has 0 bridgehead atoms. The van der Waals surface area contributed by atoms with E-state index in [0.29, 0.717) is 32.7 Å². The maximum atomic E-state index is 12.2. The zero-order valence-electron chi connectivity index (χ0n) is 14.3. The molecule has 0 aromatic heterocycles. The molecule has 2 fully saturated rings. The highest BCUT2D eigenvalue weighted by molar-refractivity contribution is 7.89. The molecule has 2 saturated heterocycles. The zero-order chi connectivity index (χ0) is 17.1. The molecule has 2 heterocycles. The van der Waals surface area contributed by atoms with Crippen LogP contribution in [0.1, 0.15) is 26.2 Å². The number of hydrogen-bond acceptors (Lipinski definition) is 5. The number of ether oxygens (including phenoxy) is 2. The molecule has 2 aliphatic heterocycles. The molecule has 0 radical (unpaired) electrons. The number of carbonyl (C=O) groups excluding carboxylic acids is 1. The first-order chi connectivity index (χ1) is 10.8. The molecule has 0 spiro atoms. The number of carbonyl (C=O) groups is 1. The molecule has 0 N–H and O–H groups in total. The van der Waals surface area contributed by atoms with E-state index in [1.807, 2.05) is 0 Å². The number of sulfonamides is 1. The summed E-state index contributed by atoms with van der Waals surface area (Å²) in [5, 5.41) is 0. The average molecular weight is 348 g/mol. The smallest absolute Gasteiger partial charge is 0.248 e. The lowest BCUT2D eigenvalue weighted by Gasteiger charge is -2.49. The van der Waals surface area contributed by atoms with Gasteiger partial charge in [-0.1, -0.05) is 0 Å². The fraction of sp³-hybridized carbons (Fsp3) is 0.933. The highest BCUT2D eigenvalue weighted by Crippen LogP contribution is 2.41. The van der Waals surface area contributed by atoms with Crippen LogP contribution in [0.3, 0.4) is 0 Å². The molecule has 0 aromatic rings. The first kappa shape index (κ1) is 18.6. The van der Waals surface area contributed by atoms with E-state index in [9.17, 15) is 13.2 Å². The minimum atomic E-state index is -3.22. The van der Waals surface area contributed by atoms with Gasteiger partial charge in [-0.3, -0.25) is 4.79 Å². The summed E-state index contributed by atoms with van der Waals surface area (Å²) in [6, 6.07) is 0. The van der Waals surface area contributed by atoms with Crippen LogP contribution >= 0.6 is 0 Å². The number of rotatable bonds is 6. The maximum Gasteiger partial charge on any atom is 0.248 e. The molecule has 2 rings (SSSR count). The summed E-state index contributed by atoms with van der Waals surface area (Å²) in [5.74, 6) is 0.0118. The van der Waals surface area contributed by atoms with Gasteiger partial charge in [0.05, 0.1) is 18.5 Å². The first-order valence-corrected chi connectivity index (χ1v) is 9.79. The van der Waals surface area contributed by atoms with Gasteiger partial charge in [0, 0.05) is 39.2 Å². The Morgan fingerprint density at radius 2 is 2.17 bits per heavy atom. The fourth-order valence-electron chi connectivity index (χ4n) is 3.35. The van der Waals surface area contributed by atoms with E-state index in [-0.39, 0.29) is 29.8 Å². The molecule has 0 aliphatic carbocycles. The largest absolute Gasteiger partial charge is 0.377 e. The van der Waals surface area contributed by atoms with Crippen molar-refractivity contribution in [1.82, 2.24) is 9.21 Å². The van der Waals surface area contributed by atoms with Crippen LogP contribution in [-0.4, -0.2) is 82.4 Å². The van der Waals surface area contributed by atoms with Crippen LogP contribution < -0.4 is 0 Å². The lowest BCUT2D eigenvalue weighted by molar-refractivity contribution is -0.152. The van der Waals surface area contributed by atoms with Gasteiger partial charge in [-0.15, -0.1) is 0 Å². The molecule has 7 nitrogen and oxygen atoms in total. The highest BCUT2D eigenvalue weighted by Gasteiger charge is 2.48. The summed E-state index contributed by atoms with van der Waals surface area (Å²) in [5.41, 5.74) is -0.342. The molecule has 0 aromatic carbocycles. The van der Waals surface area contributed by atoms with E-state index in [0.717, 1.165) is 12.8 Å². The molecule has 23 heavy (non-hydrogen) atoms. The topological polar surface area (TPSA) is 76.1 Å². The van der Waals surface area contributed by atoms with Crippen molar-refractivity contribution in [2.24, 2.45) is 5.41 Å². The first-order valence-electron chi connectivity index (χ1n) is 8.18. The predicted molar refractivity (Wildman–Crippen MR) is 86.6 cm³/mol. The Labute approximate surface area is 139 Å². The van der Waals surface area contributed by atoms with E-state index in [1.54, 1.807) is 25.3 Å². The van der Waals surface area contributed by atoms with Gasteiger partial charge in [0.25, 0.3) is 0 Å². The normalized spacial score (nSPS) is 29.1. The fourth-order valence-corrected chi connectivity index (χ4v) is 4.55. The zero-order valence-corrected chi connectivity index (χ0v) is 15.1. The molecule has 134 valence electrons. The van der Waals surface area contributed by atoms with Crippen molar-refractivity contribution < 1.29 is 22.7 Å². The summed E-state index contributed by atoms with van der Waals surface area (Å²) in [6.45, 7) is 3.67. The Hall–Kier alpha value is -0.700. The van der Waals surface area contributed by atoms with Gasteiger partial charge in [0.1, 0.15) is 6.61 Å². The third kappa shape index (κ3) is 4.23. The van der Waals surface area contributed by atoms with Crippen molar-refractivity contribution in [2.75, 3.05) is 52.8 Å². The summed E-state index contributed by atoms with van der Waals surface area (Å²) in [7, 11) is 0.157. The molecule has 2 atom stereocenters. The molecule has 2 aliphatic rings. The second kappa shape index (κ2) is 7.46. The minimum Gasteiger partial charge on any atom is -0.377 e. The molecular weight excluding hydrogens is 320 g/mol. The van der Waals surface area contributed by atoms with Crippen molar-refractivity contribution >= 4 is 15.9 Å². The van der Waals surface area contributed by atoms with Crippen LogP contribution in [0.2, 0.25) is 0 Å². The standard InChI is InChI=1S/C15H28N2O5S/c1-4-23(19,20)17-8-6-13-15(11-17,7-5-9-22-13)12-21-10-14(18)16(2)3/h13H,4-12H2,1-3H3/t13-,15+/m0/s1. The maximum absolute atomic E-state index is 12.2. The van der Waals surface area contributed by atoms with E-state index < -0.39 is 10.0 Å². The second-order valence-corrected chi connectivity index (χ2v) is 8.89. The SMILES string of the molecule is CCS(=O)(=O)N1CC[C@@H]2OCCC[C@]2(COCC(=O)N(C)C)C1. The van der Waals surface area contributed by atoms with Crippen LogP contribution in [0.15, 0.2) is 0 Å². The van der Waals surface area contributed by atoms with Crippen LogP contribution in [0, 0.1) is 5.41 Å². The summed E-state index contributed by atoms with van der Waals surface area (Å²) in [6.07, 6.45) is 2.45. The Morgan fingerprint density at radius 1 is 1.43 bits per heavy atom. The molecule has 0 saturated carbocycles. The molecule has 1 amide bonds. The van der Waals surface area contributed by atoms with Gasteiger partial charge in [0.15, 0.2) is 0 Å². The minimum absolute atomic E-state index is 0.00835. The average Bonchev–Trinajstić information content (AvgIpc) is 2.53. The Balaban J connectivity index is 2.07. The van der Waals surface area contributed by atoms with Gasteiger partial charge in [-0.25, -0.2) is 12.7 Å². The third-order valence-corrected chi connectivity index (χ3v) is 6.65. The van der Waals surface area contributed by atoms with Crippen LogP contribution in [0.5, 0.6) is 0 Å². The van der Waals surface area contributed by atoms with Crippen molar-refractivity contribution in [3.63, 3.8) is 0 Å². The van der Waals surface area contributed by atoms with Gasteiger partial charge in [0.2, 0.25) is 15.9 Å². The quantitative estimate of drug-likeness (QED) is 0.691. The monoisotopic (exact) mass is 348 g/mol. The van der Waals surface area contributed by atoms with Gasteiger partial charge in [-0.05, 0) is 26.2 Å². The Bertz CT molecular complexity index is 522. The van der Waals surface area contributed by atoms with Crippen LogP contribution in [0.4, 0.5) is 0 Å². The number of fused-ring (bicyclic) bond motifs is 1. The lowest BCUT2D eigenvalue weighted by atomic mass is 9.73. The second-order valence-electron chi connectivity index (χ2n) is 6.63. The Kier molecular flexibility index (Phi) is 6.05. The van der Waals surface area contributed by atoms with E-state index in [1.165, 1.54) is 4.90 Å². The van der Waals surface area contributed by atoms with Crippen molar-refractivity contribution in [1.29, 1.82) is 0 Å². The van der Waals surface area contributed by atoms with Crippen molar-refractivity contribution in [2.45, 2.75) is 32.3 Å². The van der Waals surface area contributed by atoms with E-state index >= 15 is 0 Å².